The smallest absolute Gasteiger partial charge is 0.134 e. The Morgan fingerprint density at radius 1 is 0.429 bits per heavy atom. The van der Waals surface area contributed by atoms with E-state index in [1.807, 2.05) is 6.07 Å². The predicted molar refractivity (Wildman–Crippen MR) is 145 cm³/mol. The van der Waals surface area contributed by atoms with Gasteiger partial charge in [-0.05, 0) is 60.7 Å². The van der Waals surface area contributed by atoms with Crippen molar-refractivity contribution in [3.63, 3.8) is 0 Å². The Morgan fingerprint density at radius 3 is 1.49 bits per heavy atom. The Labute approximate surface area is 201 Å². The number of benzene rings is 5. The van der Waals surface area contributed by atoms with E-state index in [1.54, 1.807) is 6.26 Å². The fourth-order valence-electron chi connectivity index (χ4n) is 5.65. The second-order valence-corrected chi connectivity index (χ2v) is 9.07. The number of furan rings is 1. The molecule has 0 atom stereocenters. The zero-order valence-electron chi connectivity index (χ0n) is 18.8. The molecule has 0 aliphatic carbocycles. The van der Waals surface area contributed by atoms with Gasteiger partial charge in [-0.15, -0.1) is 0 Å². The summed E-state index contributed by atoms with van der Waals surface area (Å²) < 4.78 is 10.4. The number of nitrogens with zero attached hydrogens (tertiary/aromatic N) is 2. The van der Waals surface area contributed by atoms with Crippen molar-refractivity contribution in [2.75, 3.05) is 0 Å². The van der Waals surface area contributed by atoms with Crippen molar-refractivity contribution in [2.24, 2.45) is 0 Å². The first kappa shape index (κ1) is 18.6. The molecule has 3 heterocycles. The van der Waals surface area contributed by atoms with Crippen molar-refractivity contribution < 1.29 is 4.42 Å². The van der Waals surface area contributed by atoms with Crippen molar-refractivity contribution in [3.8, 4) is 11.4 Å². The van der Waals surface area contributed by atoms with Gasteiger partial charge in [0.1, 0.15) is 5.58 Å². The van der Waals surface area contributed by atoms with Crippen LogP contribution in [0.1, 0.15) is 0 Å². The van der Waals surface area contributed by atoms with Crippen LogP contribution in [0.3, 0.4) is 0 Å². The van der Waals surface area contributed by atoms with Gasteiger partial charge in [0.2, 0.25) is 0 Å². The van der Waals surface area contributed by atoms with Crippen LogP contribution in [-0.2, 0) is 0 Å². The molecule has 0 aliphatic heterocycles. The van der Waals surface area contributed by atoms with Crippen LogP contribution in [0.4, 0.5) is 0 Å². The zero-order valence-corrected chi connectivity index (χ0v) is 18.8. The molecule has 0 N–H and O–H groups in total. The first-order valence-corrected chi connectivity index (χ1v) is 11.9. The monoisotopic (exact) mass is 448 g/mol. The topological polar surface area (TPSA) is 23.0 Å². The third kappa shape index (κ3) is 2.55. The summed E-state index contributed by atoms with van der Waals surface area (Å²) in [5.41, 5.74) is 8.04. The fourth-order valence-corrected chi connectivity index (χ4v) is 5.65. The summed E-state index contributed by atoms with van der Waals surface area (Å²) in [7, 11) is 0. The Morgan fingerprint density at radius 2 is 0.914 bits per heavy atom. The van der Waals surface area contributed by atoms with Gasteiger partial charge in [-0.1, -0.05) is 54.6 Å². The maximum atomic E-state index is 5.71. The molecule has 0 fully saturated rings. The fraction of sp³-hybridized carbons (Fsp3) is 0. The van der Waals surface area contributed by atoms with Crippen LogP contribution in [0.15, 0.2) is 126 Å². The zero-order chi connectivity index (χ0) is 22.9. The van der Waals surface area contributed by atoms with Crippen LogP contribution in [-0.4, -0.2) is 9.13 Å². The second-order valence-electron chi connectivity index (χ2n) is 9.07. The summed E-state index contributed by atoms with van der Waals surface area (Å²) in [5.74, 6) is 0. The molecule has 0 saturated carbocycles. The average molecular weight is 449 g/mol. The van der Waals surface area contributed by atoms with E-state index in [2.05, 4.69) is 118 Å². The quantitative estimate of drug-likeness (QED) is 0.259. The minimum Gasteiger partial charge on any atom is -0.464 e. The molecular formula is C32H20N2O. The van der Waals surface area contributed by atoms with E-state index >= 15 is 0 Å². The molecule has 3 aromatic heterocycles. The molecule has 3 nitrogen and oxygen atoms in total. The third-order valence-electron chi connectivity index (χ3n) is 7.19. The number of fused-ring (bicyclic) bond motifs is 7. The molecule has 0 unspecified atom stereocenters. The van der Waals surface area contributed by atoms with E-state index in [0.717, 1.165) is 22.3 Å². The highest BCUT2D eigenvalue weighted by Crippen LogP contribution is 2.36. The lowest BCUT2D eigenvalue weighted by Gasteiger charge is -2.11. The normalized spacial score (nSPS) is 12.0. The van der Waals surface area contributed by atoms with Crippen molar-refractivity contribution in [1.29, 1.82) is 0 Å². The molecule has 35 heavy (non-hydrogen) atoms. The summed E-state index contributed by atoms with van der Waals surface area (Å²) in [4.78, 5) is 0. The van der Waals surface area contributed by atoms with Gasteiger partial charge in [0, 0.05) is 38.3 Å². The van der Waals surface area contributed by atoms with Gasteiger partial charge >= 0.3 is 0 Å². The SMILES string of the molecule is c1ccc2c(c1)c1ccccc1n2-c1ccc(-n2c3ccccc3c3cc4occc4cc32)cc1. The maximum Gasteiger partial charge on any atom is 0.134 e. The number of rotatable bonds is 2. The third-order valence-corrected chi connectivity index (χ3v) is 7.19. The van der Waals surface area contributed by atoms with Crippen LogP contribution in [0.5, 0.6) is 0 Å². The summed E-state index contributed by atoms with van der Waals surface area (Å²) in [6.45, 7) is 0. The van der Waals surface area contributed by atoms with Crippen molar-refractivity contribution in [1.82, 2.24) is 9.13 Å². The standard InChI is InChI=1S/C32H20N2O/c1-4-10-28-24(7-1)25-8-2-5-11-29(25)33(28)22-13-15-23(16-14-22)34-30-12-6-3-9-26(30)27-20-32-21(17-18-35-32)19-31(27)34/h1-20H. The van der Waals surface area contributed by atoms with E-state index < -0.39 is 0 Å². The summed E-state index contributed by atoms with van der Waals surface area (Å²) in [6, 6.07) is 41.2. The van der Waals surface area contributed by atoms with Crippen molar-refractivity contribution >= 4 is 54.6 Å². The summed E-state index contributed by atoms with van der Waals surface area (Å²) >= 11 is 0. The molecule has 5 aromatic carbocycles. The minimum atomic E-state index is 0.919. The van der Waals surface area contributed by atoms with Crippen LogP contribution in [0, 0.1) is 0 Å². The highest BCUT2D eigenvalue weighted by atomic mass is 16.3. The highest BCUT2D eigenvalue weighted by Gasteiger charge is 2.15. The Kier molecular flexibility index (Phi) is 3.66. The van der Waals surface area contributed by atoms with Gasteiger partial charge in [-0.25, -0.2) is 0 Å². The minimum absolute atomic E-state index is 0.919. The molecular weight excluding hydrogens is 428 g/mol. The number of para-hydroxylation sites is 3. The van der Waals surface area contributed by atoms with E-state index in [-0.39, 0.29) is 0 Å². The lowest BCUT2D eigenvalue weighted by molar-refractivity contribution is 0.616. The van der Waals surface area contributed by atoms with E-state index in [9.17, 15) is 0 Å². The molecule has 164 valence electrons. The number of aromatic nitrogens is 2. The van der Waals surface area contributed by atoms with Crippen molar-refractivity contribution in [3.05, 3.63) is 122 Å². The van der Waals surface area contributed by atoms with Gasteiger partial charge in [0.25, 0.3) is 0 Å². The molecule has 0 saturated heterocycles. The first-order valence-electron chi connectivity index (χ1n) is 11.9. The van der Waals surface area contributed by atoms with Crippen LogP contribution < -0.4 is 0 Å². The largest absolute Gasteiger partial charge is 0.464 e. The van der Waals surface area contributed by atoms with Crippen LogP contribution >= 0.6 is 0 Å². The Balaban J connectivity index is 1.38. The Bertz CT molecular complexity index is 2000. The molecule has 0 aliphatic rings. The highest BCUT2D eigenvalue weighted by molar-refractivity contribution is 6.13. The van der Waals surface area contributed by atoms with Gasteiger partial charge in [-0.2, -0.15) is 0 Å². The van der Waals surface area contributed by atoms with Gasteiger partial charge in [-0.3, -0.25) is 0 Å². The first-order chi connectivity index (χ1) is 17.4. The van der Waals surface area contributed by atoms with Crippen LogP contribution in [0.25, 0.3) is 66.0 Å². The van der Waals surface area contributed by atoms with Crippen LogP contribution in [0.2, 0.25) is 0 Å². The molecule has 8 rings (SSSR count). The number of hydrogen-bond donors (Lipinski definition) is 0. The maximum absolute atomic E-state index is 5.71. The van der Waals surface area contributed by atoms with E-state index in [1.165, 1.54) is 43.6 Å². The summed E-state index contributed by atoms with van der Waals surface area (Å²) in [5, 5.41) is 6.10. The van der Waals surface area contributed by atoms with Gasteiger partial charge < -0.3 is 13.6 Å². The molecule has 0 bridgehead atoms. The average Bonchev–Trinajstić information content (AvgIpc) is 3.60. The molecule has 3 heteroatoms. The van der Waals surface area contributed by atoms with Gasteiger partial charge in [0.05, 0.1) is 28.3 Å². The van der Waals surface area contributed by atoms with Crippen molar-refractivity contribution in [2.45, 2.75) is 0 Å². The van der Waals surface area contributed by atoms with E-state index in [0.29, 0.717) is 0 Å². The molecule has 0 spiro atoms. The molecule has 0 amide bonds. The molecule has 0 radical (unpaired) electrons. The second kappa shape index (κ2) is 6.87. The number of hydrogen-bond acceptors (Lipinski definition) is 1. The predicted octanol–water partition coefficient (Wildman–Crippen LogP) is 8.63. The lowest BCUT2D eigenvalue weighted by Crippen LogP contribution is -1.97. The molecule has 8 aromatic rings. The van der Waals surface area contributed by atoms with Gasteiger partial charge in [0.15, 0.2) is 0 Å². The lowest BCUT2D eigenvalue weighted by atomic mass is 10.1. The Hall–Kier alpha value is -4.76. The summed E-state index contributed by atoms with van der Waals surface area (Å²) in [6.07, 6.45) is 1.76. The van der Waals surface area contributed by atoms with E-state index in [4.69, 9.17) is 4.42 Å².